The standard InChI is InChI=1S/C23H21ClF2N4O2/c24-19-9-14(1-6-20(19)26)21(13-31)29-23(32)30-8-7-15-11-27-22(10-16(15)12-30)28-18-4-2-17(25)3-5-18/h1-6,9-11,21,31H,7-8,12-13H2,(H,27,28)(H,29,32)/t21-/m1/s1. The highest BCUT2D eigenvalue weighted by atomic mass is 35.5. The van der Waals surface area contributed by atoms with Crippen molar-refractivity contribution < 1.29 is 18.7 Å². The lowest BCUT2D eigenvalue weighted by Gasteiger charge is -2.30. The van der Waals surface area contributed by atoms with Crippen LogP contribution in [0.4, 0.5) is 25.1 Å². The molecule has 2 heterocycles. The second-order valence-corrected chi connectivity index (χ2v) is 7.91. The average Bonchev–Trinajstić information content (AvgIpc) is 2.80. The summed E-state index contributed by atoms with van der Waals surface area (Å²) in [4.78, 5) is 18.9. The summed E-state index contributed by atoms with van der Waals surface area (Å²) in [5.41, 5.74) is 3.20. The van der Waals surface area contributed by atoms with Crippen molar-refractivity contribution in [2.45, 2.75) is 19.0 Å². The number of nitrogens with one attached hydrogen (secondary N) is 2. The minimum absolute atomic E-state index is 0.0733. The summed E-state index contributed by atoms with van der Waals surface area (Å²) in [7, 11) is 0. The summed E-state index contributed by atoms with van der Waals surface area (Å²) in [6, 6.07) is 10.8. The predicted molar refractivity (Wildman–Crippen MR) is 118 cm³/mol. The average molecular weight is 459 g/mol. The SMILES string of the molecule is O=C(N[C@H](CO)c1ccc(F)c(Cl)c1)N1CCc2cnc(Nc3ccc(F)cc3)cc2C1. The number of benzene rings is 2. The number of rotatable bonds is 5. The molecule has 1 atom stereocenters. The number of pyridine rings is 1. The lowest BCUT2D eigenvalue weighted by molar-refractivity contribution is 0.177. The molecule has 0 fully saturated rings. The molecule has 0 unspecified atom stereocenters. The molecule has 0 aliphatic carbocycles. The maximum Gasteiger partial charge on any atom is 0.318 e. The fourth-order valence-electron chi connectivity index (χ4n) is 3.56. The van der Waals surface area contributed by atoms with Gasteiger partial charge in [0.1, 0.15) is 17.5 Å². The highest BCUT2D eigenvalue weighted by Gasteiger charge is 2.24. The monoisotopic (exact) mass is 458 g/mol. The molecule has 9 heteroatoms. The molecule has 2 amide bonds. The van der Waals surface area contributed by atoms with Gasteiger partial charge in [0.05, 0.1) is 17.7 Å². The topological polar surface area (TPSA) is 77.5 Å². The number of amides is 2. The molecule has 6 nitrogen and oxygen atoms in total. The molecule has 0 spiro atoms. The van der Waals surface area contributed by atoms with Gasteiger partial charge >= 0.3 is 6.03 Å². The van der Waals surface area contributed by atoms with Crippen LogP contribution in [0, 0.1) is 11.6 Å². The largest absolute Gasteiger partial charge is 0.394 e. The number of nitrogens with zero attached hydrogens (tertiary/aromatic N) is 2. The number of carbonyl (C=O) groups excluding carboxylic acids is 1. The van der Waals surface area contributed by atoms with Crippen molar-refractivity contribution in [1.29, 1.82) is 0 Å². The van der Waals surface area contributed by atoms with Crippen molar-refractivity contribution in [1.82, 2.24) is 15.2 Å². The second kappa shape index (κ2) is 9.50. The maximum absolute atomic E-state index is 13.4. The predicted octanol–water partition coefficient (Wildman–Crippen LogP) is 4.56. The van der Waals surface area contributed by atoms with Gasteiger partial charge < -0.3 is 20.6 Å². The zero-order valence-electron chi connectivity index (χ0n) is 17.0. The van der Waals surface area contributed by atoms with E-state index in [9.17, 15) is 18.7 Å². The van der Waals surface area contributed by atoms with Crippen LogP contribution in [0.5, 0.6) is 0 Å². The van der Waals surface area contributed by atoms with Gasteiger partial charge in [0, 0.05) is 25.0 Å². The molecule has 3 N–H and O–H groups in total. The van der Waals surface area contributed by atoms with Crippen LogP contribution in [-0.2, 0) is 13.0 Å². The van der Waals surface area contributed by atoms with E-state index < -0.39 is 11.9 Å². The molecule has 4 rings (SSSR count). The van der Waals surface area contributed by atoms with Crippen LogP contribution in [0.2, 0.25) is 5.02 Å². The summed E-state index contributed by atoms with van der Waals surface area (Å²) in [6.07, 6.45) is 2.41. The fourth-order valence-corrected chi connectivity index (χ4v) is 3.75. The normalized spacial score (nSPS) is 13.9. The van der Waals surface area contributed by atoms with Crippen LogP contribution in [-0.4, -0.2) is 34.2 Å². The van der Waals surface area contributed by atoms with Crippen LogP contribution < -0.4 is 10.6 Å². The summed E-state index contributed by atoms with van der Waals surface area (Å²) >= 11 is 5.83. The summed E-state index contributed by atoms with van der Waals surface area (Å²) in [6.45, 7) is 0.505. The summed E-state index contributed by atoms with van der Waals surface area (Å²) in [5.74, 6) is -0.295. The number of hydrogen-bond acceptors (Lipinski definition) is 4. The third-order valence-corrected chi connectivity index (χ3v) is 5.61. The first-order chi connectivity index (χ1) is 15.4. The molecule has 1 aromatic heterocycles. The molecule has 2 aromatic carbocycles. The van der Waals surface area contributed by atoms with Crippen molar-refractivity contribution >= 4 is 29.1 Å². The first kappa shape index (κ1) is 22.0. The molecular weight excluding hydrogens is 438 g/mol. The lowest BCUT2D eigenvalue weighted by Crippen LogP contribution is -2.44. The molecule has 1 aliphatic rings. The van der Waals surface area contributed by atoms with Crippen molar-refractivity contribution in [2.24, 2.45) is 0 Å². The van der Waals surface area contributed by atoms with Gasteiger partial charge in [-0.2, -0.15) is 0 Å². The van der Waals surface area contributed by atoms with E-state index in [1.54, 1.807) is 23.2 Å². The Morgan fingerprint density at radius 3 is 2.66 bits per heavy atom. The Balaban J connectivity index is 1.44. The van der Waals surface area contributed by atoms with Crippen LogP contribution in [0.25, 0.3) is 0 Å². The van der Waals surface area contributed by atoms with Crippen LogP contribution in [0.15, 0.2) is 54.7 Å². The van der Waals surface area contributed by atoms with E-state index in [-0.39, 0.29) is 23.5 Å². The van der Waals surface area contributed by atoms with E-state index in [2.05, 4.69) is 15.6 Å². The van der Waals surface area contributed by atoms with E-state index in [1.165, 1.54) is 30.3 Å². The highest BCUT2D eigenvalue weighted by Crippen LogP contribution is 2.25. The van der Waals surface area contributed by atoms with E-state index in [1.807, 2.05) is 6.07 Å². The van der Waals surface area contributed by atoms with Gasteiger partial charge in [-0.1, -0.05) is 17.7 Å². The summed E-state index contributed by atoms with van der Waals surface area (Å²) < 4.78 is 26.5. The Hall–Kier alpha value is -3.23. The molecule has 3 aromatic rings. The van der Waals surface area contributed by atoms with Crippen molar-refractivity contribution in [2.75, 3.05) is 18.5 Å². The van der Waals surface area contributed by atoms with Gasteiger partial charge in [0.2, 0.25) is 0 Å². The van der Waals surface area contributed by atoms with Crippen molar-refractivity contribution in [3.05, 3.63) is 88.1 Å². The Morgan fingerprint density at radius 1 is 1.16 bits per heavy atom. The van der Waals surface area contributed by atoms with Gasteiger partial charge in [-0.3, -0.25) is 0 Å². The first-order valence-corrected chi connectivity index (χ1v) is 10.4. The Labute approximate surface area is 188 Å². The van der Waals surface area contributed by atoms with Crippen molar-refractivity contribution in [3.8, 4) is 0 Å². The second-order valence-electron chi connectivity index (χ2n) is 7.50. The van der Waals surface area contributed by atoms with Crippen LogP contribution in [0.1, 0.15) is 22.7 Å². The Kier molecular flexibility index (Phi) is 6.53. The maximum atomic E-state index is 13.4. The van der Waals surface area contributed by atoms with Gasteiger partial charge in [0.15, 0.2) is 0 Å². The van der Waals surface area contributed by atoms with E-state index in [0.29, 0.717) is 36.6 Å². The minimum Gasteiger partial charge on any atom is -0.394 e. The quantitative estimate of drug-likeness (QED) is 0.524. The van der Waals surface area contributed by atoms with E-state index >= 15 is 0 Å². The molecule has 1 aliphatic heterocycles. The Morgan fingerprint density at radius 2 is 1.94 bits per heavy atom. The van der Waals surface area contributed by atoms with Crippen LogP contribution >= 0.6 is 11.6 Å². The number of aliphatic hydroxyl groups is 1. The van der Waals surface area contributed by atoms with Gasteiger partial charge in [-0.05, 0) is 65.6 Å². The Bertz CT molecular complexity index is 1130. The molecule has 0 bridgehead atoms. The molecular formula is C23H21ClF2N4O2. The number of aromatic nitrogens is 1. The van der Waals surface area contributed by atoms with Crippen LogP contribution in [0.3, 0.4) is 0 Å². The van der Waals surface area contributed by atoms with Gasteiger partial charge in [-0.15, -0.1) is 0 Å². The number of aliphatic hydroxyl groups excluding tert-OH is 1. The summed E-state index contributed by atoms with van der Waals surface area (Å²) in [5, 5.41) is 15.6. The molecule has 0 radical (unpaired) electrons. The number of fused-ring (bicyclic) bond motifs is 1. The molecule has 166 valence electrons. The van der Waals surface area contributed by atoms with Gasteiger partial charge in [-0.25, -0.2) is 18.6 Å². The lowest BCUT2D eigenvalue weighted by atomic mass is 10.0. The number of halogens is 3. The minimum atomic E-state index is -0.713. The van der Waals surface area contributed by atoms with Crippen molar-refractivity contribution in [3.63, 3.8) is 0 Å². The third-order valence-electron chi connectivity index (χ3n) is 5.33. The molecule has 32 heavy (non-hydrogen) atoms. The third kappa shape index (κ3) is 4.98. The first-order valence-electron chi connectivity index (χ1n) is 10.0. The number of hydrogen-bond donors (Lipinski definition) is 3. The number of anilines is 2. The van der Waals surface area contributed by atoms with Gasteiger partial charge in [0.25, 0.3) is 0 Å². The highest BCUT2D eigenvalue weighted by molar-refractivity contribution is 6.30. The zero-order chi connectivity index (χ0) is 22.7. The number of carbonyl (C=O) groups is 1. The number of urea groups is 1. The van der Waals surface area contributed by atoms with E-state index in [4.69, 9.17) is 11.6 Å². The molecule has 0 saturated carbocycles. The van der Waals surface area contributed by atoms with E-state index in [0.717, 1.165) is 11.1 Å². The fraction of sp³-hybridized carbons (Fsp3) is 0.217. The smallest absolute Gasteiger partial charge is 0.318 e. The zero-order valence-corrected chi connectivity index (χ0v) is 17.7. The molecule has 0 saturated heterocycles.